The first-order chi connectivity index (χ1) is 7.09. The zero-order valence-electron chi connectivity index (χ0n) is 9.07. The molecule has 1 unspecified atom stereocenters. The van der Waals surface area contributed by atoms with Crippen LogP contribution in [0.4, 0.5) is 0 Å². The van der Waals surface area contributed by atoms with E-state index in [1.54, 1.807) is 7.05 Å². The fourth-order valence-corrected chi connectivity index (χ4v) is 1.64. The molecule has 0 saturated carbocycles. The molecule has 5 heteroatoms. The Morgan fingerprint density at radius 2 is 2.20 bits per heavy atom. The number of nitrogens with zero attached hydrogens (tertiary/aromatic N) is 1. The summed E-state index contributed by atoms with van der Waals surface area (Å²) < 4.78 is 5.44. The van der Waals surface area contributed by atoms with Gasteiger partial charge in [0.25, 0.3) is 0 Å². The molecule has 5 nitrogen and oxygen atoms in total. The highest BCUT2D eigenvalue weighted by Crippen LogP contribution is 2.16. The van der Waals surface area contributed by atoms with Crippen molar-refractivity contribution < 1.29 is 14.3 Å². The number of ether oxygens (including phenoxy) is 1. The quantitative estimate of drug-likeness (QED) is 0.709. The van der Waals surface area contributed by atoms with Crippen molar-refractivity contribution in [3.63, 3.8) is 0 Å². The van der Waals surface area contributed by atoms with E-state index in [1.165, 1.54) is 4.90 Å². The highest BCUT2D eigenvalue weighted by atomic mass is 16.5. The van der Waals surface area contributed by atoms with E-state index >= 15 is 0 Å². The van der Waals surface area contributed by atoms with Gasteiger partial charge in [0.2, 0.25) is 11.8 Å². The number of nitrogens with two attached hydrogens (primary N) is 1. The minimum atomic E-state index is -0.490. The molecule has 1 saturated heterocycles. The molecule has 1 heterocycles. The van der Waals surface area contributed by atoms with Crippen LogP contribution >= 0.6 is 0 Å². The molecule has 0 spiro atoms. The molecule has 86 valence electrons. The van der Waals surface area contributed by atoms with Crippen LogP contribution in [0.3, 0.4) is 0 Å². The third-order valence-electron chi connectivity index (χ3n) is 2.50. The lowest BCUT2D eigenvalue weighted by Crippen LogP contribution is -2.37. The SMILES string of the molecule is CN(CC(N)=O)C(=O)CC1CCCCO1. The van der Waals surface area contributed by atoms with Crippen LogP contribution in [0.15, 0.2) is 0 Å². The maximum atomic E-state index is 11.6. The maximum Gasteiger partial charge on any atom is 0.237 e. The summed E-state index contributed by atoms with van der Waals surface area (Å²) in [7, 11) is 1.58. The van der Waals surface area contributed by atoms with Crippen LogP contribution in [-0.4, -0.2) is 43.0 Å². The van der Waals surface area contributed by atoms with Crippen molar-refractivity contribution in [3.05, 3.63) is 0 Å². The molecule has 2 amide bonds. The Labute approximate surface area is 89.6 Å². The number of carbonyl (C=O) groups is 2. The summed E-state index contributed by atoms with van der Waals surface area (Å²) >= 11 is 0. The monoisotopic (exact) mass is 214 g/mol. The summed E-state index contributed by atoms with van der Waals surface area (Å²) in [4.78, 5) is 23.5. The fraction of sp³-hybridized carbons (Fsp3) is 0.800. The average Bonchev–Trinajstić information content (AvgIpc) is 2.18. The van der Waals surface area contributed by atoms with Crippen molar-refractivity contribution in [1.29, 1.82) is 0 Å². The van der Waals surface area contributed by atoms with E-state index in [-0.39, 0.29) is 18.6 Å². The Kier molecular flexibility index (Phi) is 4.55. The van der Waals surface area contributed by atoms with Gasteiger partial charge in [0.05, 0.1) is 19.1 Å². The molecule has 1 rings (SSSR count). The number of carbonyl (C=O) groups excluding carboxylic acids is 2. The molecule has 0 aromatic carbocycles. The smallest absolute Gasteiger partial charge is 0.237 e. The predicted molar refractivity (Wildman–Crippen MR) is 55.0 cm³/mol. The van der Waals surface area contributed by atoms with Gasteiger partial charge in [0.1, 0.15) is 0 Å². The largest absolute Gasteiger partial charge is 0.378 e. The summed E-state index contributed by atoms with van der Waals surface area (Å²) in [5, 5.41) is 0. The maximum absolute atomic E-state index is 11.6. The zero-order chi connectivity index (χ0) is 11.3. The lowest BCUT2D eigenvalue weighted by molar-refractivity contribution is -0.137. The van der Waals surface area contributed by atoms with Gasteiger partial charge >= 0.3 is 0 Å². The van der Waals surface area contributed by atoms with E-state index < -0.39 is 5.91 Å². The predicted octanol–water partition coefficient (Wildman–Crippen LogP) is -0.111. The number of primary amides is 1. The van der Waals surface area contributed by atoms with E-state index in [4.69, 9.17) is 10.5 Å². The van der Waals surface area contributed by atoms with Gasteiger partial charge in [-0.25, -0.2) is 0 Å². The Hall–Kier alpha value is -1.10. The van der Waals surface area contributed by atoms with Crippen LogP contribution in [0.25, 0.3) is 0 Å². The zero-order valence-corrected chi connectivity index (χ0v) is 9.07. The van der Waals surface area contributed by atoms with Crippen molar-refractivity contribution >= 4 is 11.8 Å². The molecule has 2 N–H and O–H groups in total. The number of hydrogen-bond acceptors (Lipinski definition) is 3. The second-order valence-electron chi connectivity index (χ2n) is 3.91. The molecule has 0 bridgehead atoms. The number of likely N-dealkylation sites (N-methyl/N-ethyl adjacent to an activating group) is 1. The van der Waals surface area contributed by atoms with E-state index in [9.17, 15) is 9.59 Å². The molecule has 1 aliphatic rings. The van der Waals surface area contributed by atoms with Gasteiger partial charge in [0, 0.05) is 13.7 Å². The van der Waals surface area contributed by atoms with Crippen LogP contribution in [0.2, 0.25) is 0 Å². The molecular formula is C10H18N2O3. The molecule has 0 aromatic heterocycles. The van der Waals surface area contributed by atoms with Gasteiger partial charge in [-0.1, -0.05) is 0 Å². The number of amides is 2. The molecule has 15 heavy (non-hydrogen) atoms. The van der Waals surface area contributed by atoms with Crippen LogP contribution in [0.5, 0.6) is 0 Å². The van der Waals surface area contributed by atoms with E-state index in [1.807, 2.05) is 0 Å². The van der Waals surface area contributed by atoms with Crippen molar-refractivity contribution in [2.75, 3.05) is 20.2 Å². The van der Waals surface area contributed by atoms with Gasteiger partial charge in [0.15, 0.2) is 0 Å². The lowest BCUT2D eigenvalue weighted by Gasteiger charge is -2.24. The summed E-state index contributed by atoms with van der Waals surface area (Å²) in [6.45, 7) is 0.711. The minimum Gasteiger partial charge on any atom is -0.378 e. The Balaban J connectivity index is 2.30. The van der Waals surface area contributed by atoms with Crippen molar-refractivity contribution in [2.45, 2.75) is 31.8 Å². The molecular weight excluding hydrogens is 196 g/mol. The number of hydrogen-bond donors (Lipinski definition) is 1. The molecule has 0 aromatic rings. The first-order valence-corrected chi connectivity index (χ1v) is 5.23. The van der Waals surface area contributed by atoms with Gasteiger partial charge in [-0.2, -0.15) is 0 Å². The first-order valence-electron chi connectivity index (χ1n) is 5.23. The van der Waals surface area contributed by atoms with Gasteiger partial charge in [-0.05, 0) is 19.3 Å². The average molecular weight is 214 g/mol. The highest BCUT2D eigenvalue weighted by Gasteiger charge is 2.20. The Morgan fingerprint density at radius 1 is 1.47 bits per heavy atom. The van der Waals surface area contributed by atoms with Crippen LogP contribution in [0.1, 0.15) is 25.7 Å². The normalized spacial score (nSPS) is 21.0. The van der Waals surface area contributed by atoms with E-state index in [2.05, 4.69) is 0 Å². The standard InChI is InChI=1S/C10H18N2O3/c1-12(7-9(11)13)10(14)6-8-4-2-3-5-15-8/h8H,2-7H2,1H3,(H2,11,13). The summed E-state index contributed by atoms with van der Waals surface area (Å²) in [5.74, 6) is -0.573. The topological polar surface area (TPSA) is 72.6 Å². The van der Waals surface area contributed by atoms with Gasteiger partial charge in [-0.3, -0.25) is 9.59 Å². The second-order valence-corrected chi connectivity index (χ2v) is 3.91. The van der Waals surface area contributed by atoms with Gasteiger partial charge < -0.3 is 15.4 Å². The van der Waals surface area contributed by atoms with Crippen molar-refractivity contribution in [3.8, 4) is 0 Å². The van der Waals surface area contributed by atoms with Gasteiger partial charge in [-0.15, -0.1) is 0 Å². The lowest BCUT2D eigenvalue weighted by atomic mass is 10.1. The Bertz CT molecular complexity index is 237. The third-order valence-corrected chi connectivity index (χ3v) is 2.50. The van der Waals surface area contributed by atoms with E-state index in [0.717, 1.165) is 25.9 Å². The highest BCUT2D eigenvalue weighted by molar-refractivity contribution is 5.83. The van der Waals surface area contributed by atoms with Crippen molar-refractivity contribution in [1.82, 2.24) is 4.90 Å². The summed E-state index contributed by atoms with van der Waals surface area (Å²) in [6.07, 6.45) is 3.47. The van der Waals surface area contributed by atoms with Crippen molar-refractivity contribution in [2.24, 2.45) is 5.73 Å². The molecule has 1 fully saturated rings. The van der Waals surface area contributed by atoms with E-state index in [0.29, 0.717) is 6.42 Å². The Morgan fingerprint density at radius 3 is 2.73 bits per heavy atom. The fourth-order valence-electron chi connectivity index (χ4n) is 1.64. The number of rotatable bonds is 4. The third kappa shape index (κ3) is 4.29. The summed E-state index contributed by atoms with van der Waals surface area (Å²) in [5.41, 5.74) is 5.00. The summed E-state index contributed by atoms with van der Waals surface area (Å²) in [6, 6.07) is 0. The first kappa shape index (κ1) is 12.0. The van der Waals surface area contributed by atoms with Crippen LogP contribution in [0, 0.1) is 0 Å². The van der Waals surface area contributed by atoms with Crippen LogP contribution < -0.4 is 5.73 Å². The molecule has 0 aliphatic carbocycles. The molecule has 0 radical (unpaired) electrons. The molecule has 1 aliphatic heterocycles. The second kappa shape index (κ2) is 5.70. The molecule has 1 atom stereocenters. The minimum absolute atomic E-state index is 0.0153. The van der Waals surface area contributed by atoms with Crippen LogP contribution in [-0.2, 0) is 14.3 Å².